The number of methoxy groups -OCH3 is 1. The maximum Gasteiger partial charge on any atom is 0.234 e. The lowest BCUT2D eigenvalue weighted by molar-refractivity contribution is -0.122. The number of amides is 1. The number of rotatable bonds is 7. The second kappa shape index (κ2) is 8.99. The van der Waals surface area contributed by atoms with Crippen molar-refractivity contribution in [1.29, 1.82) is 0 Å². The topological polar surface area (TPSA) is 44.8 Å². The first kappa shape index (κ1) is 18.7. The number of hydrogen-bond acceptors (Lipinski definition) is 4. The van der Waals surface area contributed by atoms with Gasteiger partial charge in [0.15, 0.2) is 11.6 Å². The maximum atomic E-state index is 13.7. The van der Waals surface area contributed by atoms with Crippen molar-refractivity contribution in [2.45, 2.75) is 20.4 Å². The van der Waals surface area contributed by atoms with Crippen molar-refractivity contribution in [3.8, 4) is 5.75 Å². The van der Waals surface area contributed by atoms with Crippen LogP contribution in [0.5, 0.6) is 5.75 Å². The molecular formula is C18H28FN3O2. The Morgan fingerprint density at radius 1 is 1.25 bits per heavy atom. The number of carbonyl (C=O) groups excluding carboxylic acids is 1. The highest BCUT2D eigenvalue weighted by Crippen LogP contribution is 2.19. The third-order valence-electron chi connectivity index (χ3n) is 4.16. The maximum absolute atomic E-state index is 13.7. The van der Waals surface area contributed by atoms with Crippen LogP contribution in [0.15, 0.2) is 18.2 Å². The highest BCUT2D eigenvalue weighted by atomic mass is 19.1. The minimum Gasteiger partial charge on any atom is -0.494 e. The quantitative estimate of drug-likeness (QED) is 0.823. The zero-order valence-corrected chi connectivity index (χ0v) is 14.8. The Hall–Kier alpha value is -1.66. The first-order chi connectivity index (χ1) is 11.5. The van der Waals surface area contributed by atoms with Crippen LogP contribution in [-0.4, -0.2) is 62.1 Å². The van der Waals surface area contributed by atoms with Gasteiger partial charge in [0.1, 0.15) is 0 Å². The summed E-state index contributed by atoms with van der Waals surface area (Å²) in [5.41, 5.74) is 0.941. The SMILES string of the molecule is COc1ccc(CN2CCN(CC(=O)NCC(C)C)CC2)cc1F. The van der Waals surface area contributed by atoms with Gasteiger partial charge in [-0.05, 0) is 23.6 Å². The molecule has 1 aliphatic rings. The summed E-state index contributed by atoms with van der Waals surface area (Å²) in [5.74, 6) is 0.511. The minimum atomic E-state index is -0.324. The van der Waals surface area contributed by atoms with E-state index in [1.54, 1.807) is 6.07 Å². The normalized spacial score (nSPS) is 16.4. The Labute approximate surface area is 143 Å². The number of nitrogens with one attached hydrogen (secondary N) is 1. The van der Waals surface area contributed by atoms with Gasteiger partial charge in [0, 0.05) is 39.3 Å². The van der Waals surface area contributed by atoms with Crippen molar-refractivity contribution < 1.29 is 13.9 Å². The molecule has 0 saturated carbocycles. The van der Waals surface area contributed by atoms with Crippen LogP contribution in [-0.2, 0) is 11.3 Å². The van der Waals surface area contributed by atoms with Crippen molar-refractivity contribution in [3.05, 3.63) is 29.6 Å². The lowest BCUT2D eigenvalue weighted by Crippen LogP contribution is -2.49. The number of hydrogen-bond donors (Lipinski definition) is 1. The number of nitrogens with zero attached hydrogens (tertiary/aromatic N) is 2. The first-order valence-electron chi connectivity index (χ1n) is 8.51. The summed E-state index contributed by atoms with van der Waals surface area (Å²) in [6, 6.07) is 5.10. The molecule has 24 heavy (non-hydrogen) atoms. The van der Waals surface area contributed by atoms with E-state index in [4.69, 9.17) is 4.74 Å². The summed E-state index contributed by atoms with van der Waals surface area (Å²) in [4.78, 5) is 16.3. The van der Waals surface area contributed by atoms with E-state index < -0.39 is 0 Å². The summed E-state index contributed by atoms with van der Waals surface area (Å²) >= 11 is 0. The van der Waals surface area contributed by atoms with E-state index in [1.165, 1.54) is 13.2 Å². The van der Waals surface area contributed by atoms with Crippen LogP contribution in [0.1, 0.15) is 19.4 Å². The Morgan fingerprint density at radius 2 is 1.92 bits per heavy atom. The van der Waals surface area contributed by atoms with Crippen molar-refractivity contribution in [2.75, 3.05) is 46.4 Å². The van der Waals surface area contributed by atoms with Gasteiger partial charge < -0.3 is 10.1 Å². The van der Waals surface area contributed by atoms with Crippen LogP contribution in [0.25, 0.3) is 0 Å². The number of halogens is 1. The highest BCUT2D eigenvalue weighted by Gasteiger charge is 2.19. The molecule has 1 amide bonds. The van der Waals surface area contributed by atoms with Gasteiger partial charge in [0.05, 0.1) is 13.7 Å². The molecule has 1 heterocycles. The number of ether oxygens (including phenoxy) is 1. The molecule has 0 unspecified atom stereocenters. The first-order valence-corrected chi connectivity index (χ1v) is 8.51. The van der Waals surface area contributed by atoms with Gasteiger partial charge in [-0.2, -0.15) is 0 Å². The Morgan fingerprint density at radius 3 is 2.50 bits per heavy atom. The van der Waals surface area contributed by atoms with Crippen molar-refractivity contribution >= 4 is 5.91 Å². The fraction of sp³-hybridized carbons (Fsp3) is 0.611. The fourth-order valence-electron chi connectivity index (χ4n) is 2.75. The van der Waals surface area contributed by atoms with Crippen LogP contribution in [0.2, 0.25) is 0 Å². The second-order valence-corrected chi connectivity index (χ2v) is 6.72. The molecule has 1 saturated heterocycles. The van der Waals surface area contributed by atoms with Crippen molar-refractivity contribution in [3.63, 3.8) is 0 Å². The summed E-state index contributed by atoms with van der Waals surface area (Å²) in [5, 5.41) is 2.95. The second-order valence-electron chi connectivity index (χ2n) is 6.72. The van der Waals surface area contributed by atoms with Gasteiger partial charge in [-0.1, -0.05) is 19.9 Å². The molecular weight excluding hydrogens is 309 g/mol. The molecule has 5 nitrogen and oxygen atoms in total. The van der Waals surface area contributed by atoms with Crippen LogP contribution in [0, 0.1) is 11.7 Å². The molecule has 6 heteroatoms. The Kier molecular flexibility index (Phi) is 6.99. The average Bonchev–Trinajstić information content (AvgIpc) is 2.55. The Balaban J connectivity index is 1.74. The van der Waals surface area contributed by atoms with Crippen LogP contribution >= 0.6 is 0 Å². The number of carbonyl (C=O) groups is 1. The minimum absolute atomic E-state index is 0.0920. The smallest absolute Gasteiger partial charge is 0.234 e. The summed E-state index contributed by atoms with van der Waals surface area (Å²) < 4.78 is 18.7. The van der Waals surface area contributed by atoms with Crippen LogP contribution < -0.4 is 10.1 Å². The lowest BCUT2D eigenvalue weighted by atomic mass is 10.2. The molecule has 0 atom stereocenters. The van der Waals surface area contributed by atoms with E-state index in [1.807, 2.05) is 6.07 Å². The average molecular weight is 337 g/mol. The molecule has 1 fully saturated rings. The third kappa shape index (κ3) is 5.76. The van der Waals surface area contributed by atoms with Gasteiger partial charge in [0.2, 0.25) is 5.91 Å². The molecule has 0 aliphatic carbocycles. The summed E-state index contributed by atoms with van der Waals surface area (Å²) in [6.07, 6.45) is 0. The van der Waals surface area contributed by atoms with E-state index in [2.05, 4.69) is 29.0 Å². The zero-order chi connectivity index (χ0) is 17.5. The highest BCUT2D eigenvalue weighted by molar-refractivity contribution is 5.78. The predicted molar refractivity (Wildman–Crippen MR) is 92.5 cm³/mol. The van der Waals surface area contributed by atoms with Gasteiger partial charge >= 0.3 is 0 Å². The summed E-state index contributed by atoms with van der Waals surface area (Å²) in [7, 11) is 1.47. The molecule has 1 aromatic carbocycles. The molecule has 0 bridgehead atoms. The van der Waals surface area contributed by atoms with Gasteiger partial charge in [0.25, 0.3) is 0 Å². The predicted octanol–water partition coefficient (Wildman–Crippen LogP) is 1.72. The number of piperazine rings is 1. The van der Waals surface area contributed by atoms with Gasteiger partial charge in [-0.15, -0.1) is 0 Å². The zero-order valence-electron chi connectivity index (χ0n) is 14.8. The molecule has 1 aromatic rings. The van der Waals surface area contributed by atoms with E-state index in [0.717, 1.165) is 38.3 Å². The number of benzene rings is 1. The largest absolute Gasteiger partial charge is 0.494 e. The van der Waals surface area contributed by atoms with Crippen molar-refractivity contribution in [2.24, 2.45) is 5.92 Å². The van der Waals surface area contributed by atoms with Gasteiger partial charge in [-0.3, -0.25) is 14.6 Å². The molecule has 1 aliphatic heterocycles. The van der Waals surface area contributed by atoms with E-state index >= 15 is 0 Å². The third-order valence-corrected chi connectivity index (χ3v) is 4.16. The standard InChI is InChI=1S/C18H28FN3O2/c1-14(2)11-20-18(23)13-22-8-6-21(7-9-22)12-15-4-5-17(24-3)16(19)10-15/h4-5,10,14H,6-9,11-13H2,1-3H3,(H,20,23). The van der Waals surface area contributed by atoms with E-state index in [-0.39, 0.29) is 17.5 Å². The monoisotopic (exact) mass is 337 g/mol. The summed E-state index contributed by atoms with van der Waals surface area (Å²) in [6.45, 7) is 9.54. The van der Waals surface area contributed by atoms with Crippen LogP contribution in [0.4, 0.5) is 4.39 Å². The van der Waals surface area contributed by atoms with Crippen LogP contribution in [0.3, 0.4) is 0 Å². The lowest BCUT2D eigenvalue weighted by Gasteiger charge is -2.34. The molecule has 134 valence electrons. The van der Waals surface area contributed by atoms with E-state index in [9.17, 15) is 9.18 Å². The van der Waals surface area contributed by atoms with E-state index in [0.29, 0.717) is 19.0 Å². The molecule has 1 N–H and O–H groups in total. The molecule has 2 rings (SSSR count). The van der Waals surface area contributed by atoms with Crippen molar-refractivity contribution in [1.82, 2.24) is 15.1 Å². The molecule has 0 spiro atoms. The fourth-order valence-corrected chi connectivity index (χ4v) is 2.75. The van der Waals surface area contributed by atoms with Gasteiger partial charge in [-0.25, -0.2) is 4.39 Å². The molecule has 0 radical (unpaired) electrons. The molecule has 0 aromatic heterocycles. The Bertz CT molecular complexity index is 543.